The summed E-state index contributed by atoms with van der Waals surface area (Å²) >= 11 is 4.89. The molecule has 1 N–H and O–H groups in total. The smallest absolute Gasteiger partial charge is 0.240 e. The topological polar surface area (TPSA) is 42.0 Å². The van der Waals surface area contributed by atoms with Crippen molar-refractivity contribution in [2.75, 3.05) is 5.32 Å². The number of nitrogens with zero attached hydrogens (tertiary/aromatic N) is 1. The van der Waals surface area contributed by atoms with Crippen molar-refractivity contribution in [3.05, 3.63) is 23.8 Å². The lowest BCUT2D eigenvalue weighted by Gasteiger charge is -2.11. The summed E-state index contributed by atoms with van der Waals surface area (Å²) in [7, 11) is 0. The number of halogens is 1. The minimum Gasteiger partial charge on any atom is -0.301 e. The van der Waals surface area contributed by atoms with Crippen LogP contribution in [0, 0.1) is 12.8 Å². The summed E-state index contributed by atoms with van der Waals surface area (Å²) < 4.78 is 1.10. The highest BCUT2D eigenvalue weighted by Crippen LogP contribution is 2.27. The molecule has 0 bridgehead atoms. The number of hydrogen-bond acceptors (Lipinski definition) is 3. The number of hydrogen-bond donors (Lipinski definition) is 1. The van der Waals surface area contributed by atoms with Crippen LogP contribution >= 0.6 is 27.3 Å². The standard InChI is InChI=1S/C13H15BrN2OS/c1-7(2)11(14)12(17)16-13-15-9-5-4-8(3)6-10(9)18-13/h4-7,11H,1-3H3,(H,15,16,17). The number of anilines is 1. The highest BCUT2D eigenvalue weighted by Gasteiger charge is 2.19. The van der Waals surface area contributed by atoms with Gasteiger partial charge in [0.1, 0.15) is 0 Å². The molecule has 0 aliphatic carbocycles. The predicted molar refractivity (Wildman–Crippen MR) is 80.5 cm³/mol. The van der Waals surface area contributed by atoms with Crippen LogP contribution in [0.1, 0.15) is 19.4 Å². The molecule has 5 heteroatoms. The van der Waals surface area contributed by atoms with Gasteiger partial charge in [-0.1, -0.05) is 47.2 Å². The Hall–Kier alpha value is -0.940. The second-order valence-electron chi connectivity index (χ2n) is 4.63. The minimum atomic E-state index is -0.189. The largest absolute Gasteiger partial charge is 0.301 e. The van der Waals surface area contributed by atoms with Crippen molar-refractivity contribution in [1.29, 1.82) is 0 Å². The molecule has 0 spiro atoms. The summed E-state index contributed by atoms with van der Waals surface area (Å²) in [6.07, 6.45) is 0. The number of amides is 1. The zero-order valence-corrected chi connectivity index (χ0v) is 12.9. The van der Waals surface area contributed by atoms with Crippen molar-refractivity contribution in [1.82, 2.24) is 4.98 Å². The Bertz CT molecular complexity index is 579. The molecule has 2 aromatic rings. The maximum absolute atomic E-state index is 11.9. The fourth-order valence-electron chi connectivity index (χ4n) is 1.56. The van der Waals surface area contributed by atoms with E-state index >= 15 is 0 Å². The number of nitrogens with one attached hydrogen (secondary N) is 1. The second kappa shape index (κ2) is 5.36. The molecule has 1 heterocycles. The van der Waals surface area contributed by atoms with E-state index in [-0.39, 0.29) is 16.7 Å². The maximum Gasteiger partial charge on any atom is 0.240 e. The lowest BCUT2D eigenvalue weighted by molar-refractivity contribution is -0.116. The number of fused-ring (bicyclic) bond motifs is 1. The molecule has 1 aromatic carbocycles. The van der Waals surface area contributed by atoms with Crippen molar-refractivity contribution in [3.63, 3.8) is 0 Å². The van der Waals surface area contributed by atoms with E-state index in [1.807, 2.05) is 32.9 Å². The second-order valence-corrected chi connectivity index (χ2v) is 6.64. The van der Waals surface area contributed by atoms with Gasteiger partial charge in [-0.2, -0.15) is 0 Å². The number of thiazole rings is 1. The molecular formula is C13H15BrN2OS. The summed E-state index contributed by atoms with van der Waals surface area (Å²) in [5, 5.41) is 3.51. The van der Waals surface area contributed by atoms with E-state index in [0.717, 1.165) is 10.2 Å². The molecule has 1 unspecified atom stereocenters. The Morgan fingerprint density at radius 1 is 1.44 bits per heavy atom. The molecule has 1 atom stereocenters. The lowest BCUT2D eigenvalue weighted by Crippen LogP contribution is -2.26. The van der Waals surface area contributed by atoms with E-state index in [1.54, 1.807) is 0 Å². The molecule has 1 amide bonds. The lowest BCUT2D eigenvalue weighted by atomic mass is 10.1. The molecule has 1 aromatic heterocycles. The van der Waals surface area contributed by atoms with Crippen LogP contribution in [-0.2, 0) is 4.79 Å². The zero-order chi connectivity index (χ0) is 13.3. The van der Waals surface area contributed by atoms with Gasteiger partial charge in [0.2, 0.25) is 5.91 Å². The van der Waals surface area contributed by atoms with Gasteiger partial charge in [0.05, 0.1) is 15.0 Å². The van der Waals surface area contributed by atoms with E-state index in [1.165, 1.54) is 16.9 Å². The highest BCUT2D eigenvalue weighted by molar-refractivity contribution is 9.10. The summed E-state index contributed by atoms with van der Waals surface area (Å²) in [6.45, 7) is 6.05. The highest BCUT2D eigenvalue weighted by atomic mass is 79.9. The van der Waals surface area contributed by atoms with E-state index in [2.05, 4.69) is 32.3 Å². The first-order valence-corrected chi connectivity index (χ1v) is 7.52. The van der Waals surface area contributed by atoms with Crippen LogP contribution in [0.25, 0.3) is 10.2 Å². The van der Waals surface area contributed by atoms with Crippen LogP contribution in [0.3, 0.4) is 0 Å². The summed E-state index contributed by atoms with van der Waals surface area (Å²) in [5.74, 6) is 0.211. The SMILES string of the molecule is Cc1ccc2nc(NC(=O)C(Br)C(C)C)sc2c1. The van der Waals surface area contributed by atoms with Crippen LogP contribution in [0.2, 0.25) is 0 Å². The van der Waals surface area contributed by atoms with Gasteiger partial charge in [-0.15, -0.1) is 0 Å². The van der Waals surface area contributed by atoms with Crippen molar-refractivity contribution < 1.29 is 4.79 Å². The third-order valence-corrected chi connectivity index (χ3v) is 5.02. The van der Waals surface area contributed by atoms with Crippen LogP contribution in [-0.4, -0.2) is 15.7 Å². The van der Waals surface area contributed by atoms with Gasteiger partial charge < -0.3 is 5.32 Å². The van der Waals surface area contributed by atoms with Gasteiger partial charge in [-0.3, -0.25) is 4.79 Å². The number of rotatable bonds is 3. The Morgan fingerprint density at radius 2 is 2.17 bits per heavy atom. The molecule has 0 saturated carbocycles. The Balaban J connectivity index is 2.20. The predicted octanol–water partition coefficient (Wildman–Crippen LogP) is 3.96. The fraction of sp³-hybridized carbons (Fsp3) is 0.385. The Labute approximate surface area is 119 Å². The maximum atomic E-state index is 11.9. The normalized spacial score (nSPS) is 12.9. The van der Waals surface area contributed by atoms with Crippen molar-refractivity contribution in [2.24, 2.45) is 5.92 Å². The molecule has 96 valence electrons. The van der Waals surface area contributed by atoms with Crippen LogP contribution < -0.4 is 5.32 Å². The first-order chi connectivity index (χ1) is 8.47. The number of carbonyl (C=O) groups is 1. The minimum absolute atomic E-state index is 0.0409. The Morgan fingerprint density at radius 3 is 2.83 bits per heavy atom. The molecule has 3 nitrogen and oxygen atoms in total. The monoisotopic (exact) mass is 326 g/mol. The summed E-state index contributed by atoms with van der Waals surface area (Å²) in [6, 6.07) is 6.08. The third-order valence-electron chi connectivity index (χ3n) is 2.61. The van der Waals surface area contributed by atoms with Gasteiger partial charge in [0.15, 0.2) is 5.13 Å². The number of aromatic nitrogens is 1. The quantitative estimate of drug-likeness (QED) is 0.867. The zero-order valence-electron chi connectivity index (χ0n) is 10.5. The number of carbonyl (C=O) groups excluding carboxylic acids is 1. The molecular weight excluding hydrogens is 312 g/mol. The fourth-order valence-corrected chi connectivity index (χ4v) is 2.64. The molecule has 0 aliphatic rings. The summed E-state index contributed by atoms with van der Waals surface area (Å²) in [5.41, 5.74) is 2.13. The van der Waals surface area contributed by atoms with Gasteiger partial charge in [-0.25, -0.2) is 4.98 Å². The van der Waals surface area contributed by atoms with Gasteiger partial charge in [0.25, 0.3) is 0 Å². The molecule has 0 radical (unpaired) electrons. The Kier molecular flexibility index (Phi) is 4.02. The number of aryl methyl sites for hydroxylation is 1. The van der Waals surface area contributed by atoms with E-state index in [4.69, 9.17) is 0 Å². The first kappa shape index (κ1) is 13.5. The molecule has 18 heavy (non-hydrogen) atoms. The molecule has 0 fully saturated rings. The van der Waals surface area contributed by atoms with Crippen molar-refractivity contribution in [3.8, 4) is 0 Å². The number of alkyl halides is 1. The van der Waals surface area contributed by atoms with E-state index in [9.17, 15) is 4.79 Å². The molecule has 2 rings (SSSR count). The number of benzene rings is 1. The van der Waals surface area contributed by atoms with Crippen LogP contribution in [0.4, 0.5) is 5.13 Å². The van der Waals surface area contributed by atoms with E-state index in [0.29, 0.717) is 5.13 Å². The molecule has 0 aliphatic heterocycles. The van der Waals surface area contributed by atoms with E-state index < -0.39 is 0 Å². The van der Waals surface area contributed by atoms with Crippen LogP contribution in [0.15, 0.2) is 18.2 Å². The first-order valence-electron chi connectivity index (χ1n) is 5.79. The van der Waals surface area contributed by atoms with Crippen molar-refractivity contribution >= 4 is 48.5 Å². The van der Waals surface area contributed by atoms with Crippen molar-refractivity contribution in [2.45, 2.75) is 25.6 Å². The van der Waals surface area contributed by atoms with Gasteiger partial charge in [0, 0.05) is 0 Å². The van der Waals surface area contributed by atoms with Crippen LogP contribution in [0.5, 0.6) is 0 Å². The third kappa shape index (κ3) is 2.90. The van der Waals surface area contributed by atoms with Gasteiger partial charge >= 0.3 is 0 Å². The average molecular weight is 327 g/mol. The summed E-state index contributed by atoms with van der Waals surface area (Å²) in [4.78, 5) is 16.1. The van der Waals surface area contributed by atoms with Gasteiger partial charge in [-0.05, 0) is 30.5 Å². The average Bonchev–Trinajstić information content (AvgIpc) is 2.68. The molecule has 0 saturated heterocycles.